The predicted octanol–water partition coefficient (Wildman–Crippen LogP) is 2.61. The van der Waals surface area contributed by atoms with Gasteiger partial charge in [-0.2, -0.15) is 0 Å². The number of nitrogens with two attached hydrogens (primary N) is 1. The Balaban J connectivity index is 1.75. The average molecular weight is 358 g/mol. The number of alkyl halides is 1. The minimum absolute atomic E-state index is 0.0368. The van der Waals surface area contributed by atoms with Gasteiger partial charge in [0.05, 0.1) is 17.3 Å². The van der Waals surface area contributed by atoms with E-state index < -0.39 is 23.2 Å². The predicted molar refractivity (Wildman–Crippen MR) is 86.5 cm³/mol. The van der Waals surface area contributed by atoms with Crippen LogP contribution >= 0.6 is 0 Å². The fourth-order valence-corrected chi connectivity index (χ4v) is 3.20. The van der Waals surface area contributed by atoms with Gasteiger partial charge in [0.25, 0.3) is 0 Å². The molecule has 1 aliphatic carbocycles. The van der Waals surface area contributed by atoms with E-state index in [2.05, 4.69) is 24.9 Å². The number of nitrogens with zero attached hydrogens (tertiary/aromatic N) is 5. The minimum atomic E-state index is -1.08. The van der Waals surface area contributed by atoms with E-state index in [0.29, 0.717) is 0 Å². The summed E-state index contributed by atoms with van der Waals surface area (Å²) in [6.45, 7) is 0. The molecular formula is C17H13F3N6. The van der Waals surface area contributed by atoms with E-state index in [1.165, 1.54) is 30.7 Å². The highest BCUT2D eigenvalue weighted by Gasteiger charge is 2.52. The first-order chi connectivity index (χ1) is 12.5. The molecule has 6 nitrogen and oxygen atoms in total. The Bertz CT molecular complexity index is 957. The first kappa shape index (κ1) is 16.4. The van der Waals surface area contributed by atoms with Crippen LogP contribution in [-0.4, -0.2) is 31.1 Å². The summed E-state index contributed by atoms with van der Waals surface area (Å²) in [4.78, 5) is 19.9. The lowest BCUT2D eigenvalue weighted by molar-refractivity contribution is 0.110. The van der Waals surface area contributed by atoms with Gasteiger partial charge in [0.2, 0.25) is 5.95 Å². The maximum Gasteiger partial charge on any atom is 0.220 e. The number of anilines is 1. The molecule has 0 saturated heterocycles. The topological polar surface area (TPSA) is 90.5 Å². The molecule has 1 aliphatic rings. The second kappa shape index (κ2) is 6.01. The van der Waals surface area contributed by atoms with Crippen LogP contribution in [0, 0.1) is 11.6 Å². The largest absolute Gasteiger partial charge is 0.368 e. The normalized spacial score (nSPS) is 22.0. The molecule has 3 heterocycles. The fourth-order valence-electron chi connectivity index (χ4n) is 3.20. The van der Waals surface area contributed by atoms with Gasteiger partial charge in [-0.3, -0.25) is 4.98 Å². The van der Waals surface area contributed by atoms with E-state index in [1.54, 1.807) is 0 Å². The van der Waals surface area contributed by atoms with Gasteiger partial charge in [0, 0.05) is 24.2 Å². The van der Waals surface area contributed by atoms with E-state index in [1.807, 2.05) is 0 Å². The van der Waals surface area contributed by atoms with Crippen molar-refractivity contribution >= 4 is 5.95 Å². The number of hydrogen-bond donors (Lipinski definition) is 1. The smallest absolute Gasteiger partial charge is 0.220 e. The van der Waals surface area contributed by atoms with E-state index in [4.69, 9.17) is 5.73 Å². The van der Waals surface area contributed by atoms with Crippen molar-refractivity contribution in [3.05, 3.63) is 60.1 Å². The molecule has 0 unspecified atom stereocenters. The standard InChI is InChI=1S/C17H13F3N6/c18-10-4-17(5-10,14-11(19)2-1-3-22-14)15-23-6-9(7-24-15)13-12(20)8-25-16(21)26-13/h1-3,6-8,10H,4-5H2,(H2,21,25,26). The van der Waals surface area contributed by atoms with Crippen LogP contribution in [-0.2, 0) is 5.41 Å². The molecule has 0 atom stereocenters. The first-order valence-corrected chi connectivity index (χ1v) is 7.85. The lowest BCUT2D eigenvalue weighted by Crippen LogP contribution is -2.46. The molecule has 132 valence electrons. The van der Waals surface area contributed by atoms with Crippen molar-refractivity contribution in [3.63, 3.8) is 0 Å². The molecule has 0 radical (unpaired) electrons. The Morgan fingerprint density at radius 1 is 1.00 bits per heavy atom. The third-order valence-corrected chi connectivity index (χ3v) is 4.47. The highest BCUT2D eigenvalue weighted by molar-refractivity contribution is 5.58. The van der Waals surface area contributed by atoms with E-state index in [-0.39, 0.29) is 41.6 Å². The summed E-state index contributed by atoms with van der Waals surface area (Å²) in [6.07, 6.45) is 4.08. The molecule has 9 heteroatoms. The van der Waals surface area contributed by atoms with Crippen molar-refractivity contribution < 1.29 is 13.2 Å². The molecule has 0 bridgehead atoms. The number of aromatic nitrogens is 5. The van der Waals surface area contributed by atoms with Crippen LogP contribution in [0.2, 0.25) is 0 Å². The van der Waals surface area contributed by atoms with Crippen LogP contribution in [0.15, 0.2) is 36.9 Å². The quantitative estimate of drug-likeness (QED) is 0.774. The van der Waals surface area contributed by atoms with Gasteiger partial charge in [-0.1, -0.05) is 0 Å². The summed E-state index contributed by atoms with van der Waals surface area (Å²) in [7, 11) is 0. The third-order valence-electron chi connectivity index (χ3n) is 4.47. The Kier molecular flexibility index (Phi) is 3.78. The molecule has 26 heavy (non-hydrogen) atoms. The molecule has 0 aliphatic heterocycles. The minimum Gasteiger partial charge on any atom is -0.368 e. The Labute approximate surface area is 146 Å². The van der Waals surface area contributed by atoms with Crippen molar-refractivity contribution in [1.82, 2.24) is 24.9 Å². The van der Waals surface area contributed by atoms with E-state index in [9.17, 15) is 13.2 Å². The molecule has 1 saturated carbocycles. The van der Waals surface area contributed by atoms with Crippen molar-refractivity contribution in [3.8, 4) is 11.3 Å². The number of nitrogen functional groups attached to an aromatic ring is 1. The van der Waals surface area contributed by atoms with Crippen molar-refractivity contribution in [2.45, 2.75) is 24.4 Å². The molecule has 2 N–H and O–H groups in total. The number of hydrogen-bond acceptors (Lipinski definition) is 6. The first-order valence-electron chi connectivity index (χ1n) is 7.85. The van der Waals surface area contributed by atoms with Crippen molar-refractivity contribution in [2.24, 2.45) is 0 Å². The van der Waals surface area contributed by atoms with Crippen LogP contribution in [0.5, 0.6) is 0 Å². The lowest BCUT2D eigenvalue weighted by atomic mass is 9.64. The van der Waals surface area contributed by atoms with E-state index in [0.717, 1.165) is 6.20 Å². The number of pyridine rings is 1. The van der Waals surface area contributed by atoms with Gasteiger partial charge >= 0.3 is 0 Å². The molecule has 0 aromatic carbocycles. The molecular weight excluding hydrogens is 345 g/mol. The summed E-state index contributed by atoms with van der Waals surface area (Å²) in [5.41, 5.74) is 4.80. The Morgan fingerprint density at radius 2 is 1.73 bits per heavy atom. The highest BCUT2D eigenvalue weighted by Crippen LogP contribution is 2.49. The van der Waals surface area contributed by atoms with E-state index >= 15 is 0 Å². The third kappa shape index (κ3) is 2.56. The summed E-state index contributed by atoms with van der Waals surface area (Å²) in [6, 6.07) is 2.73. The fraction of sp³-hybridized carbons (Fsp3) is 0.235. The van der Waals surface area contributed by atoms with Crippen LogP contribution in [0.3, 0.4) is 0 Å². The zero-order valence-corrected chi connectivity index (χ0v) is 13.4. The second-order valence-electron chi connectivity index (χ2n) is 6.14. The summed E-state index contributed by atoms with van der Waals surface area (Å²) >= 11 is 0. The number of halogens is 3. The molecule has 3 aromatic rings. The van der Waals surface area contributed by atoms with Gasteiger partial charge in [-0.05, 0) is 25.0 Å². The maximum absolute atomic E-state index is 14.2. The summed E-state index contributed by atoms with van der Waals surface area (Å²) in [5.74, 6) is -1.07. The van der Waals surface area contributed by atoms with Crippen LogP contribution in [0.1, 0.15) is 24.4 Å². The molecule has 0 amide bonds. The zero-order chi connectivity index (χ0) is 18.3. The average Bonchev–Trinajstić information content (AvgIpc) is 2.62. The summed E-state index contributed by atoms with van der Waals surface area (Å²) in [5, 5.41) is 0. The summed E-state index contributed by atoms with van der Waals surface area (Å²) < 4.78 is 41.8. The monoisotopic (exact) mass is 358 g/mol. The highest BCUT2D eigenvalue weighted by atomic mass is 19.1. The van der Waals surface area contributed by atoms with Gasteiger partial charge in [-0.15, -0.1) is 0 Å². The van der Waals surface area contributed by atoms with Gasteiger partial charge in [-0.25, -0.2) is 33.1 Å². The molecule has 3 aromatic heterocycles. The van der Waals surface area contributed by atoms with Crippen LogP contribution < -0.4 is 5.73 Å². The SMILES string of the molecule is Nc1ncc(F)c(-c2cnc(C3(c4ncccc4F)CC(F)C3)nc2)n1. The Hall–Kier alpha value is -3.10. The molecule has 1 fully saturated rings. The van der Waals surface area contributed by atoms with Gasteiger partial charge < -0.3 is 5.73 Å². The van der Waals surface area contributed by atoms with Crippen molar-refractivity contribution in [2.75, 3.05) is 5.73 Å². The zero-order valence-electron chi connectivity index (χ0n) is 13.4. The maximum atomic E-state index is 14.2. The second-order valence-corrected chi connectivity index (χ2v) is 6.14. The molecule has 4 rings (SSSR count). The van der Waals surface area contributed by atoms with Gasteiger partial charge in [0.1, 0.15) is 23.5 Å². The molecule has 0 spiro atoms. The number of rotatable bonds is 3. The van der Waals surface area contributed by atoms with Crippen molar-refractivity contribution in [1.29, 1.82) is 0 Å². The van der Waals surface area contributed by atoms with Crippen LogP contribution in [0.25, 0.3) is 11.3 Å². The lowest BCUT2D eigenvalue weighted by Gasteiger charge is -2.42. The Morgan fingerprint density at radius 3 is 2.38 bits per heavy atom. The van der Waals surface area contributed by atoms with Crippen LogP contribution in [0.4, 0.5) is 19.1 Å². The van der Waals surface area contributed by atoms with Gasteiger partial charge in [0.15, 0.2) is 5.82 Å².